The molecule has 0 spiro atoms. The van der Waals surface area contributed by atoms with Gasteiger partial charge in [0.1, 0.15) is 5.75 Å². The van der Waals surface area contributed by atoms with Crippen LogP contribution in [-0.4, -0.2) is 29.2 Å². The third kappa shape index (κ3) is 3.84. The number of carbonyl (C=O) groups is 1. The largest absolute Gasteiger partial charge is 0.492 e. The fourth-order valence-corrected chi connectivity index (χ4v) is 2.82. The van der Waals surface area contributed by atoms with Crippen LogP contribution in [0.3, 0.4) is 0 Å². The molecule has 0 aliphatic heterocycles. The van der Waals surface area contributed by atoms with E-state index in [0.717, 1.165) is 4.88 Å². The van der Waals surface area contributed by atoms with Crippen LogP contribution in [0.25, 0.3) is 0 Å². The van der Waals surface area contributed by atoms with E-state index in [9.17, 15) is 4.79 Å². The highest BCUT2D eigenvalue weighted by molar-refractivity contribution is 7.15. The van der Waals surface area contributed by atoms with Crippen LogP contribution in [0.15, 0.2) is 30.5 Å². The number of aliphatic hydroxyl groups excluding tert-OH is 1. The van der Waals surface area contributed by atoms with Gasteiger partial charge >= 0.3 is 0 Å². The molecule has 3 rings (SSSR count). The predicted octanol–water partition coefficient (Wildman–Crippen LogP) is 2.72. The highest BCUT2D eigenvalue weighted by atomic mass is 32.1. The highest BCUT2D eigenvalue weighted by Gasteiger charge is 2.23. The summed E-state index contributed by atoms with van der Waals surface area (Å²) >= 11 is 1.37. The molecule has 116 valence electrons. The lowest BCUT2D eigenvalue weighted by molar-refractivity contribution is 0.102. The Labute approximate surface area is 133 Å². The summed E-state index contributed by atoms with van der Waals surface area (Å²) < 4.78 is 5.75. The summed E-state index contributed by atoms with van der Waals surface area (Å²) in [5.41, 5.74) is 0.516. The average Bonchev–Trinajstić information content (AvgIpc) is 3.26. The highest BCUT2D eigenvalue weighted by Crippen LogP contribution is 2.30. The third-order valence-electron chi connectivity index (χ3n) is 3.44. The zero-order valence-corrected chi connectivity index (χ0v) is 12.9. The number of thiazole rings is 1. The SMILES string of the molecule is O=C(Nc1ncc(CCO)s1)c1ccccc1OCC1CC1. The molecule has 1 aliphatic carbocycles. The Morgan fingerprint density at radius 1 is 1.41 bits per heavy atom. The molecule has 0 saturated heterocycles. The van der Waals surface area contributed by atoms with Gasteiger partial charge in [-0.15, -0.1) is 11.3 Å². The lowest BCUT2D eigenvalue weighted by Crippen LogP contribution is -2.14. The van der Waals surface area contributed by atoms with E-state index in [-0.39, 0.29) is 12.5 Å². The first-order valence-electron chi connectivity index (χ1n) is 7.35. The molecule has 5 nitrogen and oxygen atoms in total. The Hall–Kier alpha value is -1.92. The minimum Gasteiger partial charge on any atom is -0.492 e. The van der Waals surface area contributed by atoms with E-state index < -0.39 is 0 Å². The van der Waals surface area contributed by atoms with Crippen LogP contribution < -0.4 is 10.1 Å². The van der Waals surface area contributed by atoms with Crippen molar-refractivity contribution in [3.63, 3.8) is 0 Å². The number of anilines is 1. The van der Waals surface area contributed by atoms with Crippen LogP contribution in [0.1, 0.15) is 28.1 Å². The fourth-order valence-electron chi connectivity index (χ4n) is 2.03. The average molecular weight is 318 g/mol. The van der Waals surface area contributed by atoms with E-state index in [1.54, 1.807) is 12.3 Å². The zero-order chi connectivity index (χ0) is 15.4. The second-order valence-corrected chi connectivity index (χ2v) is 6.43. The van der Waals surface area contributed by atoms with Gasteiger partial charge in [0.05, 0.1) is 12.2 Å². The fraction of sp³-hybridized carbons (Fsp3) is 0.375. The molecule has 1 saturated carbocycles. The van der Waals surface area contributed by atoms with Crippen LogP contribution in [0.2, 0.25) is 0 Å². The van der Waals surface area contributed by atoms with Gasteiger partial charge in [-0.05, 0) is 30.9 Å². The molecule has 0 bridgehead atoms. The van der Waals surface area contributed by atoms with Crippen molar-refractivity contribution >= 4 is 22.4 Å². The summed E-state index contributed by atoms with van der Waals surface area (Å²) in [5.74, 6) is 1.02. The second-order valence-electron chi connectivity index (χ2n) is 5.31. The lowest BCUT2D eigenvalue weighted by Gasteiger charge is -2.10. The molecule has 1 heterocycles. The Kier molecular flexibility index (Phi) is 4.70. The van der Waals surface area contributed by atoms with Crippen LogP contribution in [0.5, 0.6) is 5.75 Å². The maximum absolute atomic E-state index is 12.4. The number of carbonyl (C=O) groups excluding carboxylic acids is 1. The Bertz CT molecular complexity index is 652. The molecule has 6 heteroatoms. The van der Waals surface area contributed by atoms with Crippen LogP contribution in [-0.2, 0) is 6.42 Å². The number of ether oxygens (including phenoxy) is 1. The van der Waals surface area contributed by atoms with Crippen LogP contribution >= 0.6 is 11.3 Å². The maximum Gasteiger partial charge on any atom is 0.261 e. The van der Waals surface area contributed by atoms with Crippen molar-refractivity contribution in [2.24, 2.45) is 5.92 Å². The second kappa shape index (κ2) is 6.89. The summed E-state index contributed by atoms with van der Waals surface area (Å²) in [7, 11) is 0. The van der Waals surface area contributed by atoms with Gasteiger partial charge in [0.25, 0.3) is 5.91 Å². The number of benzene rings is 1. The molecule has 1 fully saturated rings. The van der Waals surface area contributed by atoms with Crippen molar-refractivity contribution in [1.29, 1.82) is 0 Å². The molecule has 0 unspecified atom stereocenters. The van der Waals surface area contributed by atoms with Crippen molar-refractivity contribution in [1.82, 2.24) is 4.98 Å². The van der Waals surface area contributed by atoms with Gasteiger partial charge in [-0.25, -0.2) is 4.98 Å². The molecule has 0 radical (unpaired) electrons. The number of hydrogen-bond acceptors (Lipinski definition) is 5. The quantitative estimate of drug-likeness (QED) is 0.823. The van der Waals surface area contributed by atoms with E-state index in [1.807, 2.05) is 18.2 Å². The Balaban J connectivity index is 1.67. The topological polar surface area (TPSA) is 71.5 Å². The summed E-state index contributed by atoms with van der Waals surface area (Å²) in [6, 6.07) is 7.25. The number of para-hydroxylation sites is 1. The molecule has 2 N–H and O–H groups in total. The summed E-state index contributed by atoms with van der Waals surface area (Å²) in [4.78, 5) is 17.5. The maximum atomic E-state index is 12.4. The summed E-state index contributed by atoms with van der Waals surface area (Å²) in [6.07, 6.45) is 4.64. The Morgan fingerprint density at radius 2 is 2.23 bits per heavy atom. The van der Waals surface area contributed by atoms with Crippen molar-refractivity contribution < 1.29 is 14.6 Å². The standard InChI is InChI=1S/C16H18N2O3S/c19-8-7-12-9-17-16(22-12)18-15(20)13-3-1-2-4-14(13)21-10-11-5-6-11/h1-4,9,11,19H,5-8,10H2,(H,17,18,20). The minimum absolute atomic E-state index is 0.0768. The van der Waals surface area contributed by atoms with Crippen LogP contribution in [0, 0.1) is 5.92 Å². The molecule has 1 aliphatic rings. The van der Waals surface area contributed by atoms with E-state index >= 15 is 0 Å². The van der Waals surface area contributed by atoms with E-state index in [0.29, 0.717) is 35.4 Å². The Morgan fingerprint density at radius 3 is 3.00 bits per heavy atom. The number of nitrogens with one attached hydrogen (secondary N) is 1. The number of nitrogens with zero attached hydrogens (tertiary/aromatic N) is 1. The molecule has 0 atom stereocenters. The van der Waals surface area contributed by atoms with Gasteiger partial charge in [0.15, 0.2) is 5.13 Å². The number of aromatic nitrogens is 1. The number of rotatable bonds is 7. The van der Waals surface area contributed by atoms with Crippen molar-refractivity contribution in [3.05, 3.63) is 40.9 Å². The number of aliphatic hydroxyl groups is 1. The molecule has 1 aromatic heterocycles. The third-order valence-corrected chi connectivity index (χ3v) is 4.41. The molecular formula is C16H18N2O3S. The van der Waals surface area contributed by atoms with Gasteiger partial charge in [-0.3, -0.25) is 10.1 Å². The summed E-state index contributed by atoms with van der Waals surface area (Å²) in [6.45, 7) is 0.746. The van der Waals surface area contributed by atoms with Crippen molar-refractivity contribution in [3.8, 4) is 5.75 Å². The van der Waals surface area contributed by atoms with Crippen molar-refractivity contribution in [2.75, 3.05) is 18.5 Å². The van der Waals surface area contributed by atoms with E-state index in [2.05, 4.69) is 10.3 Å². The van der Waals surface area contributed by atoms with Gasteiger partial charge in [-0.1, -0.05) is 12.1 Å². The first kappa shape index (κ1) is 15.0. The van der Waals surface area contributed by atoms with Gasteiger partial charge < -0.3 is 9.84 Å². The smallest absolute Gasteiger partial charge is 0.261 e. The molecule has 2 aromatic rings. The van der Waals surface area contributed by atoms with Gasteiger partial charge in [0.2, 0.25) is 0 Å². The zero-order valence-electron chi connectivity index (χ0n) is 12.1. The van der Waals surface area contributed by atoms with Crippen molar-refractivity contribution in [2.45, 2.75) is 19.3 Å². The first-order chi connectivity index (χ1) is 10.8. The van der Waals surface area contributed by atoms with Gasteiger partial charge in [-0.2, -0.15) is 0 Å². The number of amides is 1. The normalized spacial score (nSPS) is 13.9. The van der Waals surface area contributed by atoms with E-state index in [4.69, 9.17) is 9.84 Å². The summed E-state index contributed by atoms with van der Waals surface area (Å²) in [5, 5.41) is 12.2. The minimum atomic E-state index is -0.226. The molecule has 22 heavy (non-hydrogen) atoms. The van der Waals surface area contributed by atoms with E-state index in [1.165, 1.54) is 24.2 Å². The number of hydrogen-bond donors (Lipinski definition) is 2. The molecule has 1 amide bonds. The predicted molar refractivity (Wildman–Crippen MR) is 85.5 cm³/mol. The van der Waals surface area contributed by atoms with Crippen LogP contribution in [0.4, 0.5) is 5.13 Å². The molecule has 1 aromatic carbocycles. The first-order valence-corrected chi connectivity index (χ1v) is 8.16. The monoisotopic (exact) mass is 318 g/mol. The van der Waals surface area contributed by atoms with Gasteiger partial charge in [0, 0.05) is 24.1 Å². The molecular weight excluding hydrogens is 300 g/mol. The lowest BCUT2D eigenvalue weighted by atomic mass is 10.2.